The van der Waals surface area contributed by atoms with Gasteiger partial charge in [-0.2, -0.15) is 0 Å². The Morgan fingerprint density at radius 3 is 2.36 bits per heavy atom. The van der Waals surface area contributed by atoms with Gasteiger partial charge in [-0.05, 0) is 35.8 Å². The minimum Gasteiger partial charge on any atom is -0.543 e. The molecule has 5 atom stereocenters. The average molecular weight is 413 g/mol. The van der Waals surface area contributed by atoms with Crippen LogP contribution < -0.4 is 4.43 Å². The summed E-state index contributed by atoms with van der Waals surface area (Å²) in [5, 5.41) is 30.8. The van der Waals surface area contributed by atoms with E-state index in [1.54, 1.807) is 18.2 Å². The van der Waals surface area contributed by atoms with Gasteiger partial charge in [0.2, 0.25) is 8.32 Å². The van der Waals surface area contributed by atoms with Crippen molar-refractivity contribution in [2.75, 3.05) is 6.61 Å². The molecular weight excluding hydrogens is 380 g/mol. The fourth-order valence-electron chi connectivity index (χ4n) is 2.77. The molecule has 7 nitrogen and oxygen atoms in total. The zero-order chi connectivity index (χ0) is 21.3. The maximum atomic E-state index is 11.1. The van der Waals surface area contributed by atoms with E-state index in [1.165, 1.54) is 6.92 Å². The van der Waals surface area contributed by atoms with Crippen molar-refractivity contribution in [3.8, 4) is 5.75 Å². The van der Waals surface area contributed by atoms with Crippen LogP contribution in [0.15, 0.2) is 24.3 Å². The van der Waals surface area contributed by atoms with Gasteiger partial charge in [-0.1, -0.05) is 32.9 Å². The van der Waals surface area contributed by atoms with E-state index in [9.17, 15) is 20.1 Å². The molecule has 1 aliphatic heterocycles. The van der Waals surface area contributed by atoms with E-state index in [-0.39, 0.29) is 11.6 Å². The highest BCUT2D eigenvalue weighted by molar-refractivity contribution is 6.74. The minimum absolute atomic E-state index is 0.0271. The van der Waals surface area contributed by atoms with E-state index < -0.39 is 44.8 Å². The minimum atomic E-state index is -2.05. The van der Waals surface area contributed by atoms with Crippen LogP contribution in [0.3, 0.4) is 0 Å². The Morgan fingerprint density at radius 1 is 1.14 bits per heavy atom. The Bertz CT molecular complexity index is 685. The maximum absolute atomic E-state index is 11.1. The molecule has 0 bridgehead atoms. The van der Waals surface area contributed by atoms with Crippen LogP contribution in [0.5, 0.6) is 5.75 Å². The molecule has 1 fully saturated rings. The van der Waals surface area contributed by atoms with Crippen LogP contribution in [0.2, 0.25) is 18.1 Å². The predicted molar refractivity (Wildman–Crippen MR) is 107 cm³/mol. The van der Waals surface area contributed by atoms with Gasteiger partial charge < -0.3 is 29.2 Å². The summed E-state index contributed by atoms with van der Waals surface area (Å²) in [4.78, 5) is 11.1. The summed E-state index contributed by atoms with van der Waals surface area (Å²) in [6, 6.07) is 7.19. The Morgan fingerprint density at radius 2 is 1.79 bits per heavy atom. The molecule has 1 heterocycles. The first-order valence-corrected chi connectivity index (χ1v) is 12.4. The molecule has 28 heavy (non-hydrogen) atoms. The SMILES string of the molecule is CC(=O)OC[C@H]1O[C@H](c2cccc(O[Si](C)(C)C(C)(C)C)c2)[C@@H](O)[C@@H](O)[C@@H]1O. The first-order valence-electron chi connectivity index (χ1n) is 9.45. The molecule has 1 aromatic rings. The van der Waals surface area contributed by atoms with E-state index >= 15 is 0 Å². The Hall–Kier alpha value is -1.45. The second-order valence-electron chi connectivity index (χ2n) is 8.80. The third-order valence-electron chi connectivity index (χ3n) is 5.53. The van der Waals surface area contributed by atoms with Gasteiger partial charge in [-0.25, -0.2) is 0 Å². The number of hydrogen-bond acceptors (Lipinski definition) is 7. The molecule has 1 aromatic carbocycles. The standard InChI is InChI=1S/C20H32O7Si/c1-12(21)25-11-15-16(22)17(23)18(24)19(26-15)13-8-7-9-14(10-13)27-28(5,6)20(2,3)4/h7-10,15-19,22-24H,11H2,1-6H3/t15-,16-,17+,18+,19-/m1/s1. The third kappa shape index (κ3) is 5.12. The van der Waals surface area contributed by atoms with Crippen molar-refractivity contribution in [2.45, 2.75) is 76.3 Å². The fourth-order valence-corrected chi connectivity index (χ4v) is 3.79. The monoisotopic (exact) mass is 412 g/mol. The summed E-state index contributed by atoms with van der Waals surface area (Å²) in [6.45, 7) is 11.8. The molecule has 0 spiro atoms. The van der Waals surface area contributed by atoms with Crippen LogP contribution in [0.1, 0.15) is 39.4 Å². The topological polar surface area (TPSA) is 105 Å². The number of hydrogen-bond donors (Lipinski definition) is 3. The van der Waals surface area contributed by atoms with Gasteiger partial charge in [0.25, 0.3) is 0 Å². The van der Waals surface area contributed by atoms with Crippen molar-refractivity contribution in [3.05, 3.63) is 29.8 Å². The van der Waals surface area contributed by atoms with Crippen molar-refractivity contribution in [1.82, 2.24) is 0 Å². The third-order valence-corrected chi connectivity index (χ3v) is 9.89. The van der Waals surface area contributed by atoms with Crippen LogP contribution in [0.4, 0.5) is 0 Å². The molecule has 1 aliphatic rings. The van der Waals surface area contributed by atoms with E-state index in [0.29, 0.717) is 11.3 Å². The summed E-state index contributed by atoms with van der Waals surface area (Å²) in [7, 11) is -2.05. The van der Waals surface area contributed by atoms with Crippen molar-refractivity contribution in [1.29, 1.82) is 0 Å². The lowest BCUT2D eigenvalue weighted by Gasteiger charge is -2.41. The molecule has 2 rings (SSSR count). The van der Waals surface area contributed by atoms with Gasteiger partial charge in [0.15, 0.2) is 0 Å². The molecule has 0 unspecified atom stereocenters. The molecule has 3 N–H and O–H groups in total. The van der Waals surface area contributed by atoms with E-state index in [0.717, 1.165) is 0 Å². The lowest BCUT2D eigenvalue weighted by molar-refractivity contribution is -0.234. The lowest BCUT2D eigenvalue weighted by atomic mass is 9.91. The highest BCUT2D eigenvalue weighted by Crippen LogP contribution is 2.39. The Kier molecular flexibility index (Phi) is 6.93. The molecule has 158 valence electrons. The number of carbonyl (C=O) groups is 1. The van der Waals surface area contributed by atoms with Crippen LogP contribution in [-0.2, 0) is 14.3 Å². The molecule has 1 saturated heterocycles. The largest absolute Gasteiger partial charge is 0.543 e. The number of carbonyl (C=O) groups excluding carboxylic acids is 1. The first kappa shape index (κ1) is 22.8. The number of ether oxygens (including phenoxy) is 2. The first-order chi connectivity index (χ1) is 12.8. The van der Waals surface area contributed by atoms with E-state index in [4.69, 9.17) is 13.9 Å². The number of aliphatic hydroxyl groups is 3. The van der Waals surface area contributed by atoms with Gasteiger partial charge in [-0.15, -0.1) is 0 Å². The zero-order valence-electron chi connectivity index (χ0n) is 17.4. The van der Waals surface area contributed by atoms with Crippen molar-refractivity contribution in [3.63, 3.8) is 0 Å². The smallest absolute Gasteiger partial charge is 0.302 e. The summed E-state index contributed by atoms with van der Waals surface area (Å²) in [5.41, 5.74) is 0.613. The molecule has 0 amide bonds. The van der Waals surface area contributed by atoms with Gasteiger partial charge in [0.1, 0.15) is 42.9 Å². The molecule has 8 heteroatoms. The Labute approximate surface area is 167 Å². The van der Waals surface area contributed by atoms with Gasteiger partial charge in [0, 0.05) is 6.92 Å². The predicted octanol–water partition coefficient (Wildman–Crippen LogP) is 2.16. The average Bonchev–Trinajstić information content (AvgIpc) is 2.58. The molecular formula is C20H32O7Si. The van der Waals surface area contributed by atoms with Crippen LogP contribution in [0.25, 0.3) is 0 Å². The van der Waals surface area contributed by atoms with Crippen molar-refractivity contribution in [2.24, 2.45) is 0 Å². The normalized spacial score (nSPS) is 28.7. The second-order valence-corrected chi connectivity index (χ2v) is 13.5. The van der Waals surface area contributed by atoms with Gasteiger partial charge >= 0.3 is 5.97 Å². The summed E-state index contributed by atoms with van der Waals surface area (Å²) in [6.07, 6.45) is -5.95. The number of rotatable bonds is 5. The van der Waals surface area contributed by atoms with Crippen LogP contribution in [0, 0.1) is 0 Å². The van der Waals surface area contributed by atoms with E-state index in [2.05, 4.69) is 33.9 Å². The van der Waals surface area contributed by atoms with Gasteiger partial charge in [0.05, 0.1) is 0 Å². The molecule has 0 aromatic heterocycles. The van der Waals surface area contributed by atoms with Crippen molar-refractivity contribution < 1.29 is 34.0 Å². The quantitative estimate of drug-likeness (QED) is 0.503. The number of benzene rings is 1. The fraction of sp³-hybridized carbons (Fsp3) is 0.650. The van der Waals surface area contributed by atoms with Crippen molar-refractivity contribution >= 4 is 14.3 Å². The zero-order valence-corrected chi connectivity index (χ0v) is 18.4. The lowest BCUT2D eigenvalue weighted by Crippen LogP contribution is -2.55. The van der Waals surface area contributed by atoms with E-state index in [1.807, 2.05) is 6.07 Å². The summed E-state index contributed by atoms with van der Waals surface area (Å²) < 4.78 is 17.0. The van der Waals surface area contributed by atoms with Gasteiger partial charge in [-0.3, -0.25) is 4.79 Å². The highest BCUT2D eigenvalue weighted by Gasteiger charge is 2.45. The second kappa shape index (κ2) is 8.50. The number of aliphatic hydroxyl groups excluding tert-OH is 3. The summed E-state index contributed by atoms with van der Waals surface area (Å²) >= 11 is 0. The molecule has 0 aliphatic carbocycles. The summed E-state index contributed by atoms with van der Waals surface area (Å²) in [5.74, 6) is 0.148. The maximum Gasteiger partial charge on any atom is 0.302 e. The molecule has 0 radical (unpaired) electrons. The Balaban J connectivity index is 2.24. The van der Waals surface area contributed by atoms with Crippen LogP contribution in [-0.4, -0.2) is 60.6 Å². The number of esters is 1. The van der Waals surface area contributed by atoms with Crippen LogP contribution >= 0.6 is 0 Å². The molecule has 0 saturated carbocycles. The highest BCUT2D eigenvalue weighted by atomic mass is 28.4.